The lowest BCUT2D eigenvalue weighted by molar-refractivity contribution is -0.197. The molecule has 0 saturated carbocycles. The molecule has 0 spiro atoms. The number of nitrogens with zero attached hydrogens (tertiary/aromatic N) is 2. The van der Waals surface area contributed by atoms with Crippen molar-refractivity contribution in [3.8, 4) is 0 Å². The van der Waals surface area contributed by atoms with E-state index in [2.05, 4.69) is 17.9 Å². The molecule has 1 saturated heterocycles. The monoisotopic (exact) mass is 296 g/mol. The molecule has 0 N–H and O–H groups in total. The summed E-state index contributed by atoms with van der Waals surface area (Å²) in [5, 5.41) is 0.603. The van der Waals surface area contributed by atoms with Gasteiger partial charge in [-0.15, -0.1) is 5.06 Å². The van der Waals surface area contributed by atoms with Gasteiger partial charge in [-0.25, -0.2) is 4.79 Å². The van der Waals surface area contributed by atoms with E-state index >= 15 is 0 Å². The number of hydrogen-bond donors (Lipinski definition) is 0. The van der Waals surface area contributed by atoms with Crippen LogP contribution in [0.5, 0.6) is 0 Å². The first kappa shape index (κ1) is 17.2. The number of allylic oxidation sites excluding steroid dienone is 2. The Morgan fingerprint density at radius 3 is 2.43 bits per heavy atom. The van der Waals surface area contributed by atoms with Crippen LogP contribution < -0.4 is 0 Å². The van der Waals surface area contributed by atoms with Gasteiger partial charge >= 0.3 is 5.97 Å². The minimum atomic E-state index is -0.517. The largest absolute Gasteiger partial charge is 0.378 e. The maximum absolute atomic E-state index is 11.6. The Morgan fingerprint density at radius 1 is 1.24 bits per heavy atom. The van der Waals surface area contributed by atoms with Crippen LogP contribution in [0.1, 0.15) is 52.4 Å². The summed E-state index contributed by atoms with van der Waals surface area (Å²) in [5.74, 6) is -1.38. The van der Waals surface area contributed by atoms with Gasteiger partial charge in [0.15, 0.2) is 0 Å². The molecule has 0 aromatic heterocycles. The van der Waals surface area contributed by atoms with E-state index in [0.717, 1.165) is 19.4 Å². The number of hydrogen-bond acceptors (Lipinski definition) is 5. The number of amides is 2. The zero-order valence-corrected chi connectivity index (χ0v) is 13.1. The van der Waals surface area contributed by atoms with Gasteiger partial charge in [-0.3, -0.25) is 9.59 Å². The van der Waals surface area contributed by atoms with Crippen LogP contribution in [-0.4, -0.2) is 41.3 Å². The van der Waals surface area contributed by atoms with Crippen molar-refractivity contribution in [2.75, 3.05) is 13.6 Å². The maximum Gasteiger partial charge on any atom is 0.333 e. The maximum atomic E-state index is 11.6. The molecule has 1 rings (SSSR count). The number of carbonyl (C=O) groups is 3. The summed E-state index contributed by atoms with van der Waals surface area (Å²) < 4.78 is 0. The standard InChI is InChI=1S/C15H24N2O4/c1-4-12(2)16(3)11-7-5-6-8-15(20)21-17-13(18)9-10-14(17)19/h4H,5-11H2,1-3H3/b12-4+. The van der Waals surface area contributed by atoms with E-state index < -0.39 is 17.8 Å². The minimum absolute atomic E-state index is 0.128. The van der Waals surface area contributed by atoms with E-state index in [0.29, 0.717) is 11.5 Å². The van der Waals surface area contributed by atoms with Crippen molar-refractivity contribution in [1.82, 2.24) is 9.96 Å². The van der Waals surface area contributed by atoms with Crippen LogP contribution in [0.15, 0.2) is 11.8 Å². The first-order valence-corrected chi connectivity index (χ1v) is 7.36. The van der Waals surface area contributed by atoms with E-state index in [1.807, 2.05) is 14.0 Å². The van der Waals surface area contributed by atoms with Crippen molar-refractivity contribution >= 4 is 17.8 Å². The predicted molar refractivity (Wildman–Crippen MR) is 77.7 cm³/mol. The van der Waals surface area contributed by atoms with Crippen LogP contribution in [0.4, 0.5) is 0 Å². The smallest absolute Gasteiger partial charge is 0.333 e. The minimum Gasteiger partial charge on any atom is -0.378 e. The highest BCUT2D eigenvalue weighted by molar-refractivity contribution is 6.01. The summed E-state index contributed by atoms with van der Waals surface area (Å²) >= 11 is 0. The second-order valence-corrected chi connectivity index (χ2v) is 5.21. The highest BCUT2D eigenvalue weighted by Gasteiger charge is 2.32. The van der Waals surface area contributed by atoms with Crippen LogP contribution in [-0.2, 0) is 19.2 Å². The molecule has 0 aliphatic carbocycles. The van der Waals surface area contributed by atoms with Gasteiger partial charge in [0.05, 0.1) is 0 Å². The van der Waals surface area contributed by atoms with Crippen molar-refractivity contribution in [2.24, 2.45) is 0 Å². The van der Waals surface area contributed by atoms with Crippen LogP contribution in [0.25, 0.3) is 0 Å². The van der Waals surface area contributed by atoms with Gasteiger partial charge in [0.25, 0.3) is 11.8 Å². The highest BCUT2D eigenvalue weighted by atomic mass is 16.7. The second-order valence-electron chi connectivity index (χ2n) is 5.21. The fraction of sp³-hybridized carbons (Fsp3) is 0.667. The van der Waals surface area contributed by atoms with Crippen molar-refractivity contribution < 1.29 is 19.2 Å². The van der Waals surface area contributed by atoms with Gasteiger partial charge in [-0.05, 0) is 26.7 Å². The number of rotatable bonds is 8. The molecule has 118 valence electrons. The van der Waals surface area contributed by atoms with E-state index in [9.17, 15) is 14.4 Å². The molecular weight excluding hydrogens is 272 g/mol. The molecule has 6 nitrogen and oxygen atoms in total. The Kier molecular flexibility index (Phi) is 6.91. The topological polar surface area (TPSA) is 66.9 Å². The molecule has 0 radical (unpaired) electrons. The molecule has 0 aromatic carbocycles. The number of imide groups is 1. The number of unbranched alkanes of at least 4 members (excludes halogenated alkanes) is 2. The summed E-state index contributed by atoms with van der Waals surface area (Å²) in [6.45, 7) is 5.00. The Bertz CT molecular complexity index is 415. The molecule has 2 amide bonds. The van der Waals surface area contributed by atoms with Crippen molar-refractivity contribution in [3.05, 3.63) is 11.8 Å². The van der Waals surface area contributed by atoms with E-state index in [4.69, 9.17) is 4.84 Å². The Hall–Kier alpha value is -1.85. The molecule has 1 aliphatic heterocycles. The quantitative estimate of drug-likeness (QED) is 0.506. The summed E-state index contributed by atoms with van der Waals surface area (Å²) in [4.78, 5) is 41.1. The Morgan fingerprint density at radius 2 is 1.86 bits per heavy atom. The zero-order chi connectivity index (χ0) is 15.8. The average Bonchev–Trinajstić information content (AvgIpc) is 2.77. The predicted octanol–water partition coefficient (Wildman–Crippen LogP) is 2.01. The summed E-state index contributed by atoms with van der Waals surface area (Å²) in [6, 6.07) is 0. The Balaban J connectivity index is 2.14. The van der Waals surface area contributed by atoms with Crippen molar-refractivity contribution in [2.45, 2.75) is 52.4 Å². The number of carbonyl (C=O) groups excluding carboxylic acids is 3. The lowest BCUT2D eigenvalue weighted by Gasteiger charge is -2.19. The van der Waals surface area contributed by atoms with Gasteiger partial charge in [-0.2, -0.15) is 0 Å². The van der Waals surface area contributed by atoms with Crippen LogP contribution >= 0.6 is 0 Å². The summed E-state index contributed by atoms with van der Waals surface area (Å²) in [6.07, 6.45) is 5.11. The first-order chi connectivity index (χ1) is 9.95. The van der Waals surface area contributed by atoms with Gasteiger partial charge < -0.3 is 9.74 Å². The molecule has 1 fully saturated rings. The normalized spacial score (nSPS) is 15.6. The van der Waals surface area contributed by atoms with Crippen molar-refractivity contribution in [3.63, 3.8) is 0 Å². The second kappa shape index (κ2) is 8.44. The van der Waals surface area contributed by atoms with Crippen LogP contribution in [0.2, 0.25) is 0 Å². The molecule has 1 aliphatic rings. The molecule has 6 heteroatoms. The van der Waals surface area contributed by atoms with Gasteiger partial charge in [-0.1, -0.05) is 12.5 Å². The molecular formula is C15H24N2O4. The summed E-state index contributed by atoms with van der Waals surface area (Å²) in [7, 11) is 2.04. The molecule has 0 aromatic rings. The average molecular weight is 296 g/mol. The van der Waals surface area contributed by atoms with Gasteiger partial charge in [0, 0.05) is 38.6 Å². The van der Waals surface area contributed by atoms with Crippen molar-refractivity contribution in [1.29, 1.82) is 0 Å². The van der Waals surface area contributed by atoms with Crippen LogP contribution in [0.3, 0.4) is 0 Å². The van der Waals surface area contributed by atoms with Crippen LogP contribution in [0, 0.1) is 0 Å². The molecule has 1 heterocycles. The van der Waals surface area contributed by atoms with E-state index in [-0.39, 0.29) is 19.3 Å². The molecule has 21 heavy (non-hydrogen) atoms. The lowest BCUT2D eigenvalue weighted by atomic mass is 10.2. The fourth-order valence-corrected chi connectivity index (χ4v) is 2.00. The third-order valence-corrected chi connectivity index (χ3v) is 3.59. The highest BCUT2D eigenvalue weighted by Crippen LogP contribution is 2.13. The van der Waals surface area contributed by atoms with E-state index in [1.54, 1.807) is 0 Å². The fourth-order valence-electron chi connectivity index (χ4n) is 2.00. The SMILES string of the molecule is C/C=C(\C)N(C)CCCCCC(=O)ON1C(=O)CCC1=O. The number of hydroxylamine groups is 2. The zero-order valence-electron chi connectivity index (χ0n) is 13.1. The molecule has 0 atom stereocenters. The third kappa shape index (κ3) is 5.57. The van der Waals surface area contributed by atoms with Gasteiger partial charge in [0.2, 0.25) is 0 Å². The third-order valence-electron chi connectivity index (χ3n) is 3.59. The molecule has 0 bridgehead atoms. The molecule has 0 unspecified atom stereocenters. The van der Waals surface area contributed by atoms with Gasteiger partial charge in [0.1, 0.15) is 0 Å². The Labute approximate surface area is 125 Å². The first-order valence-electron chi connectivity index (χ1n) is 7.36. The lowest BCUT2D eigenvalue weighted by Crippen LogP contribution is -2.31. The van der Waals surface area contributed by atoms with E-state index in [1.165, 1.54) is 5.70 Å². The summed E-state index contributed by atoms with van der Waals surface area (Å²) in [5.41, 5.74) is 1.22.